The van der Waals surface area contributed by atoms with Crippen LogP contribution in [0.3, 0.4) is 0 Å². The quantitative estimate of drug-likeness (QED) is 0.0894. The van der Waals surface area contributed by atoms with E-state index >= 15 is 0 Å². The molecule has 0 aliphatic heterocycles. The van der Waals surface area contributed by atoms with E-state index in [4.69, 9.17) is 4.98 Å². The average Bonchev–Trinajstić information content (AvgIpc) is 3.72. The van der Waals surface area contributed by atoms with E-state index in [1.54, 1.807) is 0 Å². The Hall–Kier alpha value is -3.15. The fraction of sp³-hybridized carbons (Fsp3) is 0.378. The number of hydrogen-bond acceptors (Lipinski definition) is 5. The number of fused-ring (bicyclic) bond motifs is 3. The fourth-order valence-electron chi connectivity index (χ4n) is 6.31. The molecule has 0 saturated carbocycles. The molecule has 0 fully saturated rings. The normalized spacial score (nSPS) is 12.5. The van der Waals surface area contributed by atoms with Crippen molar-refractivity contribution in [1.29, 1.82) is 0 Å². The second-order valence-corrected chi connectivity index (χ2v) is 17.5. The van der Waals surface area contributed by atoms with Gasteiger partial charge in [0.2, 0.25) is 0 Å². The number of hydrogen-bond donors (Lipinski definition) is 1. The molecule has 0 saturated heterocycles. The minimum absolute atomic E-state index is 0. The monoisotopic (exact) mass is 895 g/mol. The molecule has 3 aromatic heterocycles. The van der Waals surface area contributed by atoms with Crippen molar-refractivity contribution < 1.29 is 30.0 Å². The van der Waals surface area contributed by atoms with E-state index in [1.807, 2.05) is 70.4 Å². The fourth-order valence-corrected chi connectivity index (χ4v) is 8.27. The van der Waals surface area contributed by atoms with Crippen molar-refractivity contribution in [1.82, 2.24) is 4.98 Å². The number of thiophene rings is 2. The van der Waals surface area contributed by atoms with E-state index in [-0.39, 0.29) is 47.9 Å². The van der Waals surface area contributed by atoms with Gasteiger partial charge in [0.05, 0.1) is 0 Å². The Bertz CT molecular complexity index is 2170. The zero-order chi connectivity index (χ0) is 36.4. The number of allylic oxidation sites excluding steroid dienone is 2. The Morgan fingerprint density at radius 1 is 0.804 bits per heavy atom. The third-order valence-corrected chi connectivity index (χ3v) is 13.0. The zero-order valence-corrected chi connectivity index (χ0v) is 35.8. The van der Waals surface area contributed by atoms with Crippen molar-refractivity contribution in [3.8, 4) is 21.7 Å². The number of pyridine rings is 1. The number of carbonyl (C=O) groups is 1. The summed E-state index contributed by atoms with van der Waals surface area (Å²) >= 11 is 3.69. The number of rotatable bonds is 9. The average molecular weight is 895 g/mol. The molecule has 6 heteroatoms. The molecule has 0 spiro atoms. The van der Waals surface area contributed by atoms with Crippen molar-refractivity contribution in [3.05, 3.63) is 101 Å². The van der Waals surface area contributed by atoms with Gasteiger partial charge in [-0.25, -0.2) is 0 Å². The topological polar surface area (TPSA) is 50.2 Å². The Morgan fingerprint density at radius 2 is 1.47 bits per heavy atom. The maximum Gasteiger partial charge on any atom is 0.164 e. The van der Waals surface area contributed by atoms with Gasteiger partial charge < -0.3 is 5.11 Å². The third kappa shape index (κ3) is 8.57. The van der Waals surface area contributed by atoms with Crippen LogP contribution >= 0.6 is 22.7 Å². The molecule has 0 bridgehead atoms. The van der Waals surface area contributed by atoms with Crippen LogP contribution in [0.4, 0.5) is 0 Å². The van der Waals surface area contributed by atoms with Gasteiger partial charge in [0, 0.05) is 68.1 Å². The van der Waals surface area contributed by atoms with E-state index in [1.165, 1.54) is 52.5 Å². The molecule has 0 atom stereocenters. The van der Waals surface area contributed by atoms with E-state index in [9.17, 15) is 9.90 Å². The molecule has 0 unspecified atom stereocenters. The molecular weight excluding hydrogens is 843 g/mol. The number of aliphatic hydroxyl groups excluding tert-OH is 1. The number of nitrogens with zero attached hydrogens (tertiary/aromatic N) is 1. The molecule has 3 heterocycles. The van der Waals surface area contributed by atoms with Crippen molar-refractivity contribution in [2.75, 3.05) is 0 Å². The van der Waals surface area contributed by atoms with Crippen LogP contribution in [0.25, 0.3) is 52.6 Å². The van der Waals surface area contributed by atoms with Crippen LogP contribution < -0.4 is 0 Å². The first kappa shape index (κ1) is 40.6. The van der Waals surface area contributed by atoms with Crippen LogP contribution in [0.1, 0.15) is 98.4 Å². The summed E-state index contributed by atoms with van der Waals surface area (Å²) < 4.78 is 2.61. The van der Waals surface area contributed by atoms with Crippen LogP contribution in [0.15, 0.2) is 84.8 Å². The van der Waals surface area contributed by atoms with Crippen LogP contribution in [0, 0.1) is 23.8 Å². The van der Waals surface area contributed by atoms with Crippen LogP contribution in [0.2, 0.25) is 0 Å². The van der Waals surface area contributed by atoms with Crippen molar-refractivity contribution in [3.63, 3.8) is 0 Å². The maximum absolute atomic E-state index is 12.2. The number of benzene rings is 3. The summed E-state index contributed by atoms with van der Waals surface area (Å²) in [5.74, 6) is 0.286. The minimum Gasteiger partial charge on any atom is -0.512 e. The van der Waals surface area contributed by atoms with Crippen LogP contribution in [-0.4, -0.2) is 15.9 Å². The predicted octanol–water partition coefficient (Wildman–Crippen LogP) is 14.1. The first-order chi connectivity index (χ1) is 23.7. The van der Waals surface area contributed by atoms with Gasteiger partial charge in [-0.05, 0) is 84.7 Å². The van der Waals surface area contributed by atoms with Gasteiger partial charge in [0.1, 0.15) is 5.76 Å². The molecule has 3 aromatic carbocycles. The largest absolute Gasteiger partial charge is 0.512 e. The summed E-state index contributed by atoms with van der Waals surface area (Å²) in [5.41, 5.74) is 4.11. The van der Waals surface area contributed by atoms with Gasteiger partial charge in [-0.2, -0.15) is 0 Å². The third-order valence-electron chi connectivity index (χ3n) is 10.8. The van der Waals surface area contributed by atoms with Crippen molar-refractivity contribution >= 4 is 59.4 Å². The van der Waals surface area contributed by atoms with E-state index in [2.05, 4.69) is 100 Å². The summed E-state index contributed by atoms with van der Waals surface area (Å²) in [6.45, 7) is 21.1. The molecule has 0 aliphatic carbocycles. The summed E-state index contributed by atoms with van der Waals surface area (Å²) in [6, 6.07) is 28.1. The summed E-state index contributed by atoms with van der Waals surface area (Å²) in [7, 11) is 0. The first-order valence-corrected chi connectivity index (χ1v) is 19.6. The number of carbonyl (C=O) groups excluding carboxylic acids is 1. The van der Waals surface area contributed by atoms with Crippen molar-refractivity contribution in [2.45, 2.75) is 100 Å². The Morgan fingerprint density at radius 3 is 2.12 bits per heavy atom. The van der Waals surface area contributed by atoms with Gasteiger partial charge in [0.15, 0.2) is 5.78 Å². The second kappa shape index (κ2) is 16.3. The van der Waals surface area contributed by atoms with Gasteiger partial charge in [0.25, 0.3) is 0 Å². The molecule has 0 aliphatic rings. The summed E-state index contributed by atoms with van der Waals surface area (Å²) in [6.07, 6.45) is 6.69. The molecule has 1 N–H and O–H groups in total. The van der Waals surface area contributed by atoms with Gasteiger partial charge in [-0.3, -0.25) is 9.78 Å². The van der Waals surface area contributed by atoms with E-state index in [0.29, 0.717) is 0 Å². The van der Waals surface area contributed by atoms with E-state index in [0.717, 1.165) is 42.3 Å². The predicted molar refractivity (Wildman–Crippen MR) is 219 cm³/mol. The van der Waals surface area contributed by atoms with Crippen LogP contribution in [-0.2, 0) is 30.3 Å². The molecule has 6 aromatic rings. The minimum atomic E-state index is -0.337. The number of aryl methyl sites for hydroxylation is 1. The maximum atomic E-state index is 12.2. The Kier molecular flexibility index (Phi) is 12.9. The number of aliphatic hydroxyl groups is 1. The molecule has 6 rings (SSSR count). The molecule has 3 nitrogen and oxygen atoms in total. The van der Waals surface area contributed by atoms with Gasteiger partial charge >= 0.3 is 0 Å². The molecule has 1 radical (unpaired) electrons. The summed E-state index contributed by atoms with van der Waals surface area (Å²) in [5, 5.41) is 15.1. The standard InChI is InChI=1S/C30H24NS2.C15H28O2.Ir/c1-18-13-21-15-20(9-10-26(21)32-18)28-17-24-27(33-28)11-12-31-29(24)22-14-19-7-5-6-8-23(19)25(16-22)30(2,3)4;1-7-14(5,8-2)12(16)11-13(17)15(6,9-3)10-4;/h5-13,15-17H,1-4H3;11,16H,7-10H2,1-6H3;/q-1;;/b;12-11-;. The van der Waals surface area contributed by atoms with Gasteiger partial charge in [-0.15, -0.1) is 51.8 Å². The van der Waals surface area contributed by atoms with Crippen molar-refractivity contribution in [2.24, 2.45) is 10.8 Å². The summed E-state index contributed by atoms with van der Waals surface area (Å²) in [4.78, 5) is 19.7. The van der Waals surface area contributed by atoms with E-state index < -0.39 is 0 Å². The number of ketones is 1. The van der Waals surface area contributed by atoms with Crippen LogP contribution in [0.5, 0.6) is 0 Å². The first-order valence-electron chi connectivity index (χ1n) is 18.0. The second-order valence-electron chi connectivity index (χ2n) is 15.1. The number of aromatic nitrogens is 1. The smallest absolute Gasteiger partial charge is 0.164 e. The molecular formula is C45H52IrNO2S2-. The van der Waals surface area contributed by atoms with Gasteiger partial charge in [-0.1, -0.05) is 97.5 Å². The SMILES string of the molecule is CCC(C)(CC)C(=O)/C=C(\O)C(C)(CC)CC.Cc1cc2cc(-c3cc4c(-c5[c-]c6ccccc6c(C(C)(C)C)c5)nccc4s3)ccc2s1.[Ir]. The zero-order valence-electron chi connectivity index (χ0n) is 31.8. The molecule has 51 heavy (non-hydrogen) atoms. The Balaban J connectivity index is 0.000000279. The molecule has 0 amide bonds. The molecule has 271 valence electrons. The Labute approximate surface area is 326 Å².